The van der Waals surface area contributed by atoms with Gasteiger partial charge in [0.25, 0.3) is 0 Å². The first-order chi connectivity index (χ1) is 4.54. The largest absolute Gasteiger partial charge is 0.394 e. The summed E-state index contributed by atoms with van der Waals surface area (Å²) in [4.78, 5) is 0. The van der Waals surface area contributed by atoms with Gasteiger partial charge in [0.15, 0.2) is 0 Å². The minimum Gasteiger partial charge on any atom is -0.394 e. The van der Waals surface area contributed by atoms with Crippen molar-refractivity contribution < 1.29 is 5.11 Å². The lowest BCUT2D eigenvalue weighted by Crippen LogP contribution is -2.59. The number of nitrogens with one attached hydrogen (secondary N) is 1. The molecule has 1 aliphatic carbocycles. The highest BCUT2D eigenvalue weighted by Crippen LogP contribution is 2.47. The van der Waals surface area contributed by atoms with E-state index in [1.54, 1.807) is 0 Å². The van der Waals surface area contributed by atoms with Crippen LogP contribution in [0.2, 0.25) is 0 Å². The molecule has 0 heterocycles. The molecule has 2 heteroatoms. The summed E-state index contributed by atoms with van der Waals surface area (Å²) in [5, 5.41) is 12.2. The van der Waals surface area contributed by atoms with Gasteiger partial charge in [-0.2, -0.15) is 0 Å². The number of rotatable bonds is 2. The van der Waals surface area contributed by atoms with Crippen LogP contribution in [0.4, 0.5) is 0 Å². The van der Waals surface area contributed by atoms with Crippen LogP contribution in [0.5, 0.6) is 0 Å². The molecule has 2 nitrogen and oxygen atoms in total. The van der Waals surface area contributed by atoms with E-state index in [-0.39, 0.29) is 12.1 Å². The van der Waals surface area contributed by atoms with Crippen LogP contribution in [0.1, 0.15) is 26.7 Å². The fourth-order valence-electron chi connectivity index (χ4n) is 2.15. The van der Waals surface area contributed by atoms with E-state index in [0.717, 1.165) is 12.8 Å². The molecule has 0 unspecified atom stereocenters. The Balaban J connectivity index is 2.46. The Labute approximate surface area is 62.6 Å². The number of hydrogen-bond donors (Lipinski definition) is 2. The Morgan fingerprint density at radius 1 is 1.40 bits per heavy atom. The zero-order valence-corrected chi connectivity index (χ0v) is 7.07. The zero-order chi connectivity index (χ0) is 7.83. The average molecular weight is 143 g/mol. The summed E-state index contributed by atoms with van der Waals surface area (Å²) in [5.41, 5.74) is 0.481. The maximum Gasteiger partial charge on any atom is 0.0613 e. The van der Waals surface area contributed by atoms with Crippen molar-refractivity contribution in [2.45, 2.75) is 32.2 Å². The van der Waals surface area contributed by atoms with E-state index in [0.29, 0.717) is 5.41 Å². The molecule has 0 spiro atoms. The van der Waals surface area contributed by atoms with Gasteiger partial charge < -0.3 is 10.4 Å². The fraction of sp³-hybridized carbons (Fsp3) is 1.00. The third-order valence-electron chi connectivity index (χ3n) is 2.47. The second-order valence-electron chi connectivity index (χ2n) is 4.21. The van der Waals surface area contributed by atoms with Crippen molar-refractivity contribution in [1.29, 1.82) is 0 Å². The molecule has 0 radical (unpaired) electrons. The predicted octanol–water partition coefficient (Wildman–Crippen LogP) is 0.757. The van der Waals surface area contributed by atoms with Gasteiger partial charge in [0.05, 0.1) is 6.61 Å². The average Bonchev–Trinajstić information content (AvgIpc) is 1.82. The molecule has 0 aliphatic heterocycles. The molecule has 1 aliphatic rings. The lowest BCUT2D eigenvalue weighted by molar-refractivity contribution is -0.00595. The van der Waals surface area contributed by atoms with Gasteiger partial charge in [-0.05, 0) is 25.3 Å². The molecule has 0 aromatic rings. The molecule has 2 N–H and O–H groups in total. The van der Waals surface area contributed by atoms with Crippen molar-refractivity contribution in [1.82, 2.24) is 5.32 Å². The van der Waals surface area contributed by atoms with Gasteiger partial charge in [0, 0.05) is 5.54 Å². The van der Waals surface area contributed by atoms with E-state index in [4.69, 9.17) is 5.11 Å². The summed E-state index contributed by atoms with van der Waals surface area (Å²) in [6.45, 7) is 4.74. The van der Waals surface area contributed by atoms with E-state index in [9.17, 15) is 0 Å². The van der Waals surface area contributed by atoms with Crippen LogP contribution in [0.25, 0.3) is 0 Å². The molecular formula is C8H17NO. The van der Waals surface area contributed by atoms with Crippen LogP contribution in [0.15, 0.2) is 0 Å². The first-order valence-corrected chi connectivity index (χ1v) is 3.83. The quantitative estimate of drug-likeness (QED) is 0.598. The molecule has 1 fully saturated rings. The van der Waals surface area contributed by atoms with Crippen molar-refractivity contribution in [3.05, 3.63) is 0 Å². The summed E-state index contributed by atoms with van der Waals surface area (Å²) >= 11 is 0. The second kappa shape index (κ2) is 2.21. The first-order valence-electron chi connectivity index (χ1n) is 3.83. The van der Waals surface area contributed by atoms with Gasteiger partial charge in [-0.25, -0.2) is 0 Å². The number of aliphatic hydroxyl groups excluding tert-OH is 1. The minimum absolute atomic E-state index is 0.0451. The molecule has 0 saturated heterocycles. The van der Waals surface area contributed by atoms with Gasteiger partial charge in [-0.15, -0.1) is 0 Å². The molecular weight excluding hydrogens is 126 g/mol. The van der Waals surface area contributed by atoms with E-state index < -0.39 is 0 Å². The summed E-state index contributed by atoms with van der Waals surface area (Å²) < 4.78 is 0. The lowest BCUT2D eigenvalue weighted by Gasteiger charge is -2.52. The monoisotopic (exact) mass is 143 g/mol. The molecule has 0 bridgehead atoms. The maximum absolute atomic E-state index is 9.01. The van der Waals surface area contributed by atoms with Crippen LogP contribution in [0, 0.1) is 5.41 Å². The molecule has 1 saturated carbocycles. The molecule has 0 aromatic carbocycles. The number of hydrogen-bond acceptors (Lipinski definition) is 2. The van der Waals surface area contributed by atoms with Gasteiger partial charge in [0.1, 0.15) is 0 Å². The Morgan fingerprint density at radius 3 is 2.00 bits per heavy atom. The Hall–Kier alpha value is -0.0800. The Kier molecular flexibility index (Phi) is 1.77. The second-order valence-corrected chi connectivity index (χ2v) is 4.21. The fourth-order valence-corrected chi connectivity index (χ4v) is 2.15. The summed E-state index contributed by atoms with van der Waals surface area (Å²) in [7, 11) is 1.92. The number of aliphatic hydroxyl groups is 1. The third-order valence-corrected chi connectivity index (χ3v) is 2.47. The number of likely N-dealkylation sites (N-methyl/N-ethyl adjacent to an activating group) is 1. The van der Waals surface area contributed by atoms with Crippen LogP contribution >= 0.6 is 0 Å². The van der Waals surface area contributed by atoms with Gasteiger partial charge in [-0.1, -0.05) is 13.8 Å². The minimum atomic E-state index is 0.0451. The SMILES string of the molecule is CNC1(CO)CC(C)(C)C1. The third kappa shape index (κ3) is 1.18. The predicted molar refractivity (Wildman–Crippen MR) is 41.9 cm³/mol. The van der Waals surface area contributed by atoms with Crippen molar-refractivity contribution in [3.8, 4) is 0 Å². The lowest BCUT2D eigenvalue weighted by atomic mass is 9.60. The van der Waals surface area contributed by atoms with E-state index in [1.807, 2.05) is 7.05 Å². The van der Waals surface area contributed by atoms with E-state index in [2.05, 4.69) is 19.2 Å². The molecule has 1 rings (SSSR count). The summed E-state index contributed by atoms with van der Waals surface area (Å²) in [6, 6.07) is 0. The molecule has 0 aromatic heterocycles. The standard InChI is InChI=1S/C8H17NO/c1-7(2)4-8(5-7,6-10)9-3/h9-10H,4-6H2,1-3H3. The Morgan fingerprint density at radius 2 is 1.90 bits per heavy atom. The van der Waals surface area contributed by atoms with Crippen LogP contribution in [-0.4, -0.2) is 24.3 Å². The maximum atomic E-state index is 9.01. The van der Waals surface area contributed by atoms with Gasteiger partial charge in [-0.3, -0.25) is 0 Å². The highest BCUT2D eigenvalue weighted by Gasteiger charge is 2.47. The Bertz CT molecular complexity index is 117. The highest BCUT2D eigenvalue weighted by molar-refractivity contribution is 5.04. The van der Waals surface area contributed by atoms with Crippen LogP contribution in [0.3, 0.4) is 0 Å². The van der Waals surface area contributed by atoms with E-state index >= 15 is 0 Å². The molecule has 0 atom stereocenters. The van der Waals surface area contributed by atoms with Gasteiger partial charge in [0.2, 0.25) is 0 Å². The smallest absolute Gasteiger partial charge is 0.0613 e. The van der Waals surface area contributed by atoms with Crippen LogP contribution < -0.4 is 5.32 Å². The summed E-state index contributed by atoms with van der Waals surface area (Å²) in [6.07, 6.45) is 2.18. The zero-order valence-electron chi connectivity index (χ0n) is 7.07. The molecule has 10 heavy (non-hydrogen) atoms. The normalized spacial score (nSPS) is 27.6. The van der Waals surface area contributed by atoms with Crippen molar-refractivity contribution in [2.24, 2.45) is 5.41 Å². The highest BCUT2D eigenvalue weighted by atomic mass is 16.3. The summed E-state index contributed by atoms with van der Waals surface area (Å²) in [5.74, 6) is 0. The topological polar surface area (TPSA) is 32.3 Å². The van der Waals surface area contributed by atoms with E-state index in [1.165, 1.54) is 0 Å². The van der Waals surface area contributed by atoms with Crippen molar-refractivity contribution in [3.63, 3.8) is 0 Å². The van der Waals surface area contributed by atoms with Crippen LogP contribution in [-0.2, 0) is 0 Å². The molecule has 0 amide bonds. The molecule has 60 valence electrons. The van der Waals surface area contributed by atoms with Gasteiger partial charge >= 0.3 is 0 Å². The van der Waals surface area contributed by atoms with Crippen molar-refractivity contribution in [2.75, 3.05) is 13.7 Å². The first kappa shape index (κ1) is 8.02. The van der Waals surface area contributed by atoms with Crippen molar-refractivity contribution >= 4 is 0 Å².